The highest BCUT2D eigenvalue weighted by atomic mass is 15.3. The average molecular weight is 277 g/mol. The normalized spacial score (nSPS) is 16.9. The lowest BCUT2D eigenvalue weighted by atomic mass is 9.99. The zero-order chi connectivity index (χ0) is 14.7. The highest BCUT2D eigenvalue weighted by Gasteiger charge is 2.21. The first-order chi connectivity index (χ1) is 9.47. The maximum atomic E-state index is 4.74. The van der Waals surface area contributed by atoms with Gasteiger partial charge in [0.1, 0.15) is 0 Å². The molecule has 1 atom stereocenters. The Morgan fingerprint density at radius 3 is 2.55 bits per heavy atom. The van der Waals surface area contributed by atoms with E-state index in [1.807, 2.05) is 0 Å². The first kappa shape index (κ1) is 15.6. The van der Waals surface area contributed by atoms with Crippen molar-refractivity contribution < 1.29 is 0 Å². The average Bonchev–Trinajstić information content (AvgIpc) is 3.17. The molecule has 20 heavy (non-hydrogen) atoms. The summed E-state index contributed by atoms with van der Waals surface area (Å²) >= 11 is 0. The smallest absolute Gasteiger partial charge is 0.0628 e. The van der Waals surface area contributed by atoms with E-state index in [-0.39, 0.29) is 0 Å². The van der Waals surface area contributed by atoms with Crippen molar-refractivity contribution in [3.05, 3.63) is 17.0 Å². The minimum absolute atomic E-state index is 0.691. The molecule has 0 aromatic carbocycles. The Balaban J connectivity index is 1.92. The minimum Gasteiger partial charge on any atom is -0.314 e. The highest BCUT2D eigenvalue weighted by Crippen LogP contribution is 2.21. The van der Waals surface area contributed by atoms with E-state index >= 15 is 0 Å². The molecule has 114 valence electrons. The summed E-state index contributed by atoms with van der Waals surface area (Å²) in [6.07, 6.45) is 5.11. The fourth-order valence-electron chi connectivity index (χ4n) is 2.70. The summed E-state index contributed by atoms with van der Waals surface area (Å²) in [4.78, 5) is 0. The van der Waals surface area contributed by atoms with E-state index < -0.39 is 0 Å². The molecule has 1 unspecified atom stereocenters. The van der Waals surface area contributed by atoms with Crippen LogP contribution in [0.25, 0.3) is 0 Å². The van der Waals surface area contributed by atoms with E-state index in [2.05, 4.69) is 44.6 Å². The quantitative estimate of drug-likeness (QED) is 0.788. The van der Waals surface area contributed by atoms with Gasteiger partial charge in [0.15, 0.2) is 0 Å². The van der Waals surface area contributed by atoms with Gasteiger partial charge < -0.3 is 5.32 Å². The lowest BCUT2D eigenvalue weighted by Crippen LogP contribution is -2.24. The van der Waals surface area contributed by atoms with Crippen molar-refractivity contribution in [2.24, 2.45) is 11.8 Å². The Morgan fingerprint density at radius 1 is 1.25 bits per heavy atom. The fourth-order valence-corrected chi connectivity index (χ4v) is 2.70. The Labute approximate surface area is 124 Å². The first-order valence-electron chi connectivity index (χ1n) is 8.23. The number of rotatable bonds is 8. The van der Waals surface area contributed by atoms with Crippen molar-refractivity contribution in [3.63, 3.8) is 0 Å². The van der Waals surface area contributed by atoms with Gasteiger partial charge in [-0.25, -0.2) is 0 Å². The molecule has 0 amide bonds. The maximum Gasteiger partial charge on any atom is 0.0628 e. The predicted molar refractivity (Wildman–Crippen MR) is 85.0 cm³/mol. The van der Waals surface area contributed by atoms with Crippen molar-refractivity contribution in [1.82, 2.24) is 15.1 Å². The summed E-state index contributed by atoms with van der Waals surface area (Å²) in [6, 6.07) is 0.813. The van der Waals surface area contributed by atoms with Crippen molar-refractivity contribution in [3.8, 4) is 0 Å². The lowest BCUT2D eigenvalue weighted by Gasteiger charge is -2.13. The summed E-state index contributed by atoms with van der Waals surface area (Å²) < 4.78 is 2.21. The topological polar surface area (TPSA) is 29.9 Å². The zero-order valence-corrected chi connectivity index (χ0v) is 13.9. The van der Waals surface area contributed by atoms with Gasteiger partial charge in [-0.2, -0.15) is 5.10 Å². The van der Waals surface area contributed by atoms with Crippen LogP contribution in [0, 0.1) is 25.7 Å². The van der Waals surface area contributed by atoms with Gasteiger partial charge in [0.2, 0.25) is 0 Å². The van der Waals surface area contributed by atoms with Crippen LogP contribution < -0.4 is 5.32 Å². The molecule has 1 saturated carbocycles. The molecule has 0 bridgehead atoms. The summed E-state index contributed by atoms with van der Waals surface area (Å²) in [5, 5.41) is 8.37. The molecule has 3 nitrogen and oxygen atoms in total. The molecule has 0 aliphatic heterocycles. The third kappa shape index (κ3) is 4.34. The van der Waals surface area contributed by atoms with Crippen LogP contribution in [0.4, 0.5) is 0 Å². The molecule has 1 aliphatic rings. The summed E-state index contributed by atoms with van der Waals surface area (Å²) in [5.41, 5.74) is 4.07. The Bertz CT molecular complexity index is 430. The molecule has 1 aliphatic carbocycles. The molecule has 1 aromatic heterocycles. The zero-order valence-electron chi connectivity index (χ0n) is 13.9. The largest absolute Gasteiger partial charge is 0.314 e. The second-order valence-electron chi connectivity index (χ2n) is 7.05. The van der Waals surface area contributed by atoms with Gasteiger partial charge in [-0.15, -0.1) is 0 Å². The van der Waals surface area contributed by atoms with Crippen LogP contribution in [-0.2, 0) is 13.0 Å². The number of hydrogen-bond acceptors (Lipinski definition) is 2. The number of hydrogen-bond donors (Lipinski definition) is 1. The molecular formula is C17H31N3. The van der Waals surface area contributed by atoms with Crippen LogP contribution in [0.15, 0.2) is 0 Å². The van der Waals surface area contributed by atoms with Crippen molar-refractivity contribution in [2.75, 3.05) is 6.54 Å². The van der Waals surface area contributed by atoms with Crippen LogP contribution in [0.5, 0.6) is 0 Å². The van der Waals surface area contributed by atoms with Crippen LogP contribution >= 0.6 is 0 Å². The van der Waals surface area contributed by atoms with Gasteiger partial charge >= 0.3 is 0 Å². The maximum absolute atomic E-state index is 4.74. The Kier molecular flexibility index (Phi) is 5.25. The lowest BCUT2D eigenvalue weighted by molar-refractivity contribution is 0.477. The van der Waals surface area contributed by atoms with Gasteiger partial charge in [-0.05, 0) is 63.5 Å². The molecule has 1 heterocycles. The Morgan fingerprint density at radius 2 is 1.95 bits per heavy atom. The van der Waals surface area contributed by atoms with E-state index in [1.165, 1.54) is 36.2 Å². The van der Waals surface area contributed by atoms with Gasteiger partial charge in [0.05, 0.1) is 5.69 Å². The summed E-state index contributed by atoms with van der Waals surface area (Å²) in [7, 11) is 0. The van der Waals surface area contributed by atoms with E-state index in [0.29, 0.717) is 5.92 Å². The fraction of sp³-hybridized carbons (Fsp3) is 0.824. The van der Waals surface area contributed by atoms with Gasteiger partial charge in [0, 0.05) is 18.3 Å². The molecule has 1 fully saturated rings. The molecule has 0 spiro atoms. The van der Waals surface area contributed by atoms with E-state index in [1.54, 1.807) is 0 Å². The second kappa shape index (κ2) is 6.75. The first-order valence-corrected chi connectivity index (χ1v) is 8.23. The molecule has 0 saturated heterocycles. The third-order valence-corrected chi connectivity index (χ3v) is 4.33. The number of nitrogens with one attached hydrogen (secondary N) is 1. The predicted octanol–water partition coefficient (Wildman–Crippen LogP) is 3.48. The highest BCUT2D eigenvalue weighted by molar-refractivity contribution is 5.25. The summed E-state index contributed by atoms with van der Waals surface area (Å²) in [5.74, 6) is 1.43. The van der Waals surface area contributed by atoms with Crippen LogP contribution in [-0.4, -0.2) is 22.4 Å². The van der Waals surface area contributed by atoms with Gasteiger partial charge in [0.25, 0.3) is 0 Å². The van der Waals surface area contributed by atoms with Crippen molar-refractivity contribution >= 4 is 0 Å². The minimum atomic E-state index is 0.691. The van der Waals surface area contributed by atoms with Crippen LogP contribution in [0.1, 0.15) is 57.0 Å². The molecule has 1 N–H and O–H groups in total. The molecule has 1 aromatic rings. The van der Waals surface area contributed by atoms with Gasteiger partial charge in [-0.1, -0.05) is 20.8 Å². The van der Waals surface area contributed by atoms with E-state index in [4.69, 9.17) is 5.10 Å². The van der Waals surface area contributed by atoms with E-state index in [0.717, 1.165) is 31.5 Å². The van der Waals surface area contributed by atoms with Gasteiger partial charge in [-0.3, -0.25) is 4.68 Å². The number of aryl methyl sites for hydroxylation is 2. The molecule has 2 rings (SSSR count). The van der Waals surface area contributed by atoms with Crippen molar-refractivity contribution in [2.45, 2.75) is 72.9 Å². The molecular weight excluding hydrogens is 246 g/mol. The monoisotopic (exact) mass is 277 g/mol. The van der Waals surface area contributed by atoms with E-state index in [9.17, 15) is 0 Å². The molecule has 3 heteroatoms. The second-order valence-corrected chi connectivity index (χ2v) is 7.05. The van der Waals surface area contributed by atoms with Crippen LogP contribution in [0.2, 0.25) is 0 Å². The number of nitrogens with zero attached hydrogens (tertiary/aromatic N) is 2. The SMILES string of the molecule is Cc1nn(CCC(C)C)c(C)c1CC(C)CNC1CC1. The summed E-state index contributed by atoms with van der Waals surface area (Å²) in [6.45, 7) is 13.5. The number of aromatic nitrogens is 2. The Hall–Kier alpha value is -0.830. The third-order valence-electron chi connectivity index (χ3n) is 4.33. The van der Waals surface area contributed by atoms with Crippen molar-refractivity contribution in [1.29, 1.82) is 0 Å². The molecule has 0 radical (unpaired) electrons. The standard InChI is InChI=1S/C17H31N3/c1-12(2)8-9-20-15(5)17(14(4)19-20)10-13(3)11-18-16-6-7-16/h12-13,16,18H,6-11H2,1-5H3. The van der Waals surface area contributed by atoms with Crippen LogP contribution in [0.3, 0.4) is 0 Å².